The number of amides is 1. The Kier molecular flexibility index (Phi) is 6.15. The fourth-order valence-electron chi connectivity index (χ4n) is 3.17. The van der Waals surface area contributed by atoms with Crippen LogP contribution in [-0.4, -0.2) is 43.3 Å². The molecule has 1 saturated heterocycles. The molecule has 1 aromatic rings. The molecule has 1 fully saturated rings. The molecule has 1 atom stereocenters. The molecule has 0 spiro atoms. The molecular weight excluding hydrogens is 296 g/mol. The van der Waals surface area contributed by atoms with E-state index in [1.165, 1.54) is 6.42 Å². The van der Waals surface area contributed by atoms with Crippen LogP contribution in [0, 0.1) is 19.8 Å². The van der Waals surface area contributed by atoms with E-state index < -0.39 is 0 Å². The fourth-order valence-corrected chi connectivity index (χ4v) is 4.11. The fraction of sp³-hybridized carbons (Fsp3) is 0.647. The van der Waals surface area contributed by atoms with Crippen molar-refractivity contribution in [2.45, 2.75) is 39.5 Å². The second-order valence-electron chi connectivity index (χ2n) is 6.16. The van der Waals surface area contributed by atoms with Gasteiger partial charge in [-0.3, -0.25) is 9.59 Å². The van der Waals surface area contributed by atoms with Crippen LogP contribution in [-0.2, 0) is 4.79 Å². The number of carbonyl (C=O) groups is 2. The third-order valence-corrected chi connectivity index (χ3v) is 5.24. The molecule has 122 valence electrons. The van der Waals surface area contributed by atoms with E-state index in [1.807, 2.05) is 31.9 Å². The summed E-state index contributed by atoms with van der Waals surface area (Å²) in [5.41, 5.74) is 0.794. The van der Waals surface area contributed by atoms with Crippen molar-refractivity contribution in [2.24, 2.45) is 5.92 Å². The molecule has 2 rings (SSSR count). The summed E-state index contributed by atoms with van der Waals surface area (Å²) in [7, 11) is 1.95. The number of nitrogens with one attached hydrogen (secondary N) is 1. The number of hydrogen-bond acceptors (Lipinski definition) is 4. The summed E-state index contributed by atoms with van der Waals surface area (Å²) in [6.45, 7) is 6.60. The Balaban J connectivity index is 1.84. The number of likely N-dealkylation sites (tertiary alicyclic amines) is 1. The highest BCUT2D eigenvalue weighted by Crippen LogP contribution is 2.23. The van der Waals surface area contributed by atoms with Crippen LogP contribution >= 0.6 is 11.3 Å². The third-order valence-electron chi connectivity index (χ3n) is 4.27. The standard InChI is InChI=1S/C17H26N2O2S/c1-12-9-15(13(2)22-12)16(20)6-7-17(21)19-8-4-5-14(11-19)10-18-3/h9,14,18H,4-8,10-11H2,1-3H3. The number of piperidine rings is 1. The van der Waals surface area contributed by atoms with Crippen molar-refractivity contribution in [3.8, 4) is 0 Å². The molecule has 0 bridgehead atoms. The van der Waals surface area contributed by atoms with Crippen molar-refractivity contribution >= 4 is 23.0 Å². The number of rotatable bonds is 6. The van der Waals surface area contributed by atoms with E-state index in [2.05, 4.69) is 5.32 Å². The molecule has 1 amide bonds. The maximum atomic E-state index is 12.3. The Bertz CT molecular complexity index is 537. The van der Waals surface area contributed by atoms with Crippen molar-refractivity contribution in [1.82, 2.24) is 10.2 Å². The summed E-state index contributed by atoms with van der Waals surface area (Å²) in [6.07, 6.45) is 2.90. The van der Waals surface area contributed by atoms with Gasteiger partial charge in [0.25, 0.3) is 0 Å². The van der Waals surface area contributed by atoms with Gasteiger partial charge in [0.15, 0.2) is 5.78 Å². The Morgan fingerprint density at radius 2 is 2.14 bits per heavy atom. The molecule has 0 aromatic carbocycles. The number of thiophene rings is 1. The lowest BCUT2D eigenvalue weighted by Crippen LogP contribution is -2.42. The van der Waals surface area contributed by atoms with Crippen LogP contribution < -0.4 is 5.32 Å². The average Bonchev–Trinajstić information content (AvgIpc) is 2.84. The predicted octanol–water partition coefficient (Wildman–Crippen LogP) is 2.79. The number of ketones is 1. The smallest absolute Gasteiger partial charge is 0.223 e. The average molecular weight is 322 g/mol. The normalized spacial score (nSPS) is 18.5. The molecule has 2 heterocycles. The van der Waals surface area contributed by atoms with Gasteiger partial charge in [-0.15, -0.1) is 11.3 Å². The first-order valence-corrected chi connectivity index (χ1v) is 8.85. The highest BCUT2D eigenvalue weighted by Gasteiger charge is 2.23. The number of carbonyl (C=O) groups excluding carboxylic acids is 2. The minimum Gasteiger partial charge on any atom is -0.342 e. The van der Waals surface area contributed by atoms with Crippen molar-refractivity contribution < 1.29 is 9.59 Å². The molecule has 1 aliphatic rings. The lowest BCUT2D eigenvalue weighted by Gasteiger charge is -2.32. The second-order valence-corrected chi connectivity index (χ2v) is 7.62. The van der Waals surface area contributed by atoms with E-state index in [1.54, 1.807) is 11.3 Å². The third kappa shape index (κ3) is 4.40. The lowest BCUT2D eigenvalue weighted by molar-refractivity contribution is -0.132. The summed E-state index contributed by atoms with van der Waals surface area (Å²) in [6, 6.07) is 1.94. The zero-order valence-corrected chi connectivity index (χ0v) is 14.6. The van der Waals surface area contributed by atoms with Crippen LogP contribution in [0.2, 0.25) is 0 Å². The maximum absolute atomic E-state index is 12.3. The summed E-state index contributed by atoms with van der Waals surface area (Å²) < 4.78 is 0. The minimum absolute atomic E-state index is 0.0963. The van der Waals surface area contributed by atoms with Gasteiger partial charge in [0, 0.05) is 41.2 Å². The predicted molar refractivity (Wildman–Crippen MR) is 90.6 cm³/mol. The zero-order chi connectivity index (χ0) is 16.1. The van der Waals surface area contributed by atoms with E-state index in [4.69, 9.17) is 0 Å². The molecule has 1 N–H and O–H groups in total. The molecule has 0 saturated carbocycles. The van der Waals surface area contributed by atoms with Crippen molar-refractivity contribution in [1.29, 1.82) is 0 Å². The van der Waals surface area contributed by atoms with E-state index in [0.29, 0.717) is 18.8 Å². The number of Topliss-reactive ketones (excluding diaryl/α,β-unsaturated/α-hetero) is 1. The minimum atomic E-state index is 0.0963. The van der Waals surface area contributed by atoms with Crippen molar-refractivity contribution in [2.75, 3.05) is 26.7 Å². The molecule has 1 aliphatic heterocycles. The first kappa shape index (κ1) is 17.2. The lowest BCUT2D eigenvalue weighted by atomic mass is 9.97. The Morgan fingerprint density at radius 3 is 2.77 bits per heavy atom. The Morgan fingerprint density at radius 1 is 1.36 bits per heavy atom. The van der Waals surface area contributed by atoms with Crippen molar-refractivity contribution in [3.63, 3.8) is 0 Å². The maximum Gasteiger partial charge on any atom is 0.223 e. The van der Waals surface area contributed by atoms with Gasteiger partial charge in [-0.25, -0.2) is 0 Å². The van der Waals surface area contributed by atoms with Gasteiger partial charge in [0.2, 0.25) is 5.91 Å². The monoisotopic (exact) mass is 322 g/mol. The number of hydrogen-bond donors (Lipinski definition) is 1. The van der Waals surface area contributed by atoms with Gasteiger partial charge < -0.3 is 10.2 Å². The molecule has 0 aliphatic carbocycles. The molecule has 1 aromatic heterocycles. The van der Waals surface area contributed by atoms with Crippen LogP contribution in [0.15, 0.2) is 6.07 Å². The second kappa shape index (κ2) is 7.88. The van der Waals surface area contributed by atoms with Gasteiger partial charge in [-0.05, 0) is 52.3 Å². The molecule has 22 heavy (non-hydrogen) atoms. The van der Waals surface area contributed by atoms with Gasteiger partial charge in [0.05, 0.1) is 0 Å². The molecule has 1 unspecified atom stereocenters. The van der Waals surface area contributed by atoms with Gasteiger partial charge in [-0.1, -0.05) is 0 Å². The van der Waals surface area contributed by atoms with E-state index in [9.17, 15) is 9.59 Å². The number of nitrogens with zero attached hydrogens (tertiary/aromatic N) is 1. The van der Waals surface area contributed by atoms with E-state index in [0.717, 1.165) is 41.4 Å². The van der Waals surface area contributed by atoms with Crippen LogP contribution in [0.4, 0.5) is 0 Å². The zero-order valence-electron chi connectivity index (χ0n) is 13.8. The Labute approximate surface area is 136 Å². The summed E-state index contributed by atoms with van der Waals surface area (Å²) >= 11 is 1.64. The van der Waals surface area contributed by atoms with E-state index in [-0.39, 0.29) is 11.7 Å². The van der Waals surface area contributed by atoms with Gasteiger partial charge in [0.1, 0.15) is 0 Å². The molecule has 5 heteroatoms. The molecule has 4 nitrogen and oxygen atoms in total. The summed E-state index contributed by atoms with van der Waals surface area (Å²) in [5, 5.41) is 3.19. The van der Waals surface area contributed by atoms with E-state index >= 15 is 0 Å². The number of aryl methyl sites for hydroxylation is 2. The Hall–Kier alpha value is -1.20. The first-order valence-electron chi connectivity index (χ1n) is 8.04. The molecular formula is C17H26N2O2S. The van der Waals surface area contributed by atoms with Gasteiger partial charge >= 0.3 is 0 Å². The summed E-state index contributed by atoms with van der Waals surface area (Å²) in [5.74, 6) is 0.762. The quantitative estimate of drug-likeness (QED) is 0.819. The van der Waals surface area contributed by atoms with Gasteiger partial charge in [-0.2, -0.15) is 0 Å². The first-order chi connectivity index (χ1) is 10.5. The van der Waals surface area contributed by atoms with Crippen LogP contribution in [0.5, 0.6) is 0 Å². The largest absolute Gasteiger partial charge is 0.342 e. The highest BCUT2D eigenvalue weighted by atomic mass is 32.1. The summed E-state index contributed by atoms with van der Waals surface area (Å²) in [4.78, 5) is 28.7. The highest BCUT2D eigenvalue weighted by molar-refractivity contribution is 7.12. The van der Waals surface area contributed by atoms with Crippen molar-refractivity contribution in [3.05, 3.63) is 21.4 Å². The van der Waals surface area contributed by atoms with Crippen LogP contribution in [0.1, 0.15) is 45.8 Å². The topological polar surface area (TPSA) is 49.4 Å². The molecule has 0 radical (unpaired) electrons. The van der Waals surface area contributed by atoms with Crippen LogP contribution in [0.3, 0.4) is 0 Å². The van der Waals surface area contributed by atoms with Crippen LogP contribution in [0.25, 0.3) is 0 Å². The SMILES string of the molecule is CNCC1CCCN(C(=O)CCC(=O)c2cc(C)sc2C)C1.